The average Bonchev–Trinajstić information content (AvgIpc) is 2.34. The van der Waals surface area contributed by atoms with E-state index in [4.69, 9.17) is 9.84 Å². The molecule has 0 saturated carbocycles. The Morgan fingerprint density at radius 2 is 1.95 bits per heavy atom. The number of carboxylic acids is 1. The number of urea groups is 1. The lowest BCUT2D eigenvalue weighted by atomic mass is 10.2. The summed E-state index contributed by atoms with van der Waals surface area (Å²) in [5, 5.41) is 13.6. The largest absolute Gasteiger partial charge is 0.480 e. The Morgan fingerprint density at radius 3 is 2.42 bits per heavy atom. The number of aliphatic carboxylic acids is 1. The van der Waals surface area contributed by atoms with Gasteiger partial charge in [-0.2, -0.15) is 11.8 Å². The van der Waals surface area contributed by atoms with Crippen molar-refractivity contribution >= 4 is 29.7 Å². The van der Waals surface area contributed by atoms with E-state index in [1.165, 1.54) is 18.7 Å². The number of hydrogen-bond acceptors (Lipinski definition) is 5. The fourth-order valence-electron chi connectivity index (χ4n) is 1.22. The van der Waals surface area contributed by atoms with Crippen molar-refractivity contribution in [2.75, 3.05) is 18.6 Å². The summed E-state index contributed by atoms with van der Waals surface area (Å²) in [6, 6.07) is -2.49. The number of ether oxygens (including phenoxy) is 1. The zero-order valence-corrected chi connectivity index (χ0v) is 12.1. The number of carbonyl (C=O) groups is 3. The van der Waals surface area contributed by atoms with Crippen LogP contribution in [0.1, 0.15) is 20.3 Å². The summed E-state index contributed by atoms with van der Waals surface area (Å²) < 4.78 is 4.72. The minimum Gasteiger partial charge on any atom is -0.480 e. The Morgan fingerprint density at radius 1 is 1.32 bits per heavy atom. The highest BCUT2D eigenvalue weighted by Gasteiger charge is 2.22. The van der Waals surface area contributed by atoms with Crippen LogP contribution in [0, 0.1) is 0 Å². The zero-order chi connectivity index (χ0) is 14.8. The van der Waals surface area contributed by atoms with Gasteiger partial charge in [0.2, 0.25) is 0 Å². The number of hydrogen-bond donors (Lipinski definition) is 3. The second-order valence-electron chi connectivity index (χ2n) is 3.76. The molecular formula is C11H20N2O5S. The molecule has 0 aliphatic rings. The minimum absolute atomic E-state index is 0.220. The first-order valence-corrected chi connectivity index (χ1v) is 7.27. The maximum Gasteiger partial charge on any atom is 0.328 e. The fraction of sp³-hybridized carbons (Fsp3) is 0.727. The van der Waals surface area contributed by atoms with Crippen LogP contribution in [-0.2, 0) is 14.3 Å². The van der Waals surface area contributed by atoms with Gasteiger partial charge >= 0.3 is 18.0 Å². The maximum absolute atomic E-state index is 11.5. The molecule has 110 valence electrons. The molecule has 0 saturated heterocycles. The summed E-state index contributed by atoms with van der Waals surface area (Å²) >= 11 is 1.49. The Bertz CT molecular complexity index is 324. The topological polar surface area (TPSA) is 105 Å². The lowest BCUT2D eigenvalue weighted by Crippen LogP contribution is -2.50. The van der Waals surface area contributed by atoms with Crippen molar-refractivity contribution in [3.05, 3.63) is 0 Å². The van der Waals surface area contributed by atoms with E-state index < -0.39 is 30.1 Å². The van der Waals surface area contributed by atoms with Crippen LogP contribution < -0.4 is 10.6 Å². The second-order valence-corrected chi connectivity index (χ2v) is 4.75. The molecule has 0 aromatic heterocycles. The molecule has 2 atom stereocenters. The fourth-order valence-corrected chi connectivity index (χ4v) is 1.69. The van der Waals surface area contributed by atoms with E-state index >= 15 is 0 Å². The molecule has 19 heavy (non-hydrogen) atoms. The predicted molar refractivity (Wildman–Crippen MR) is 72.2 cm³/mol. The molecule has 0 rings (SSSR count). The van der Waals surface area contributed by atoms with Crippen molar-refractivity contribution in [1.29, 1.82) is 0 Å². The van der Waals surface area contributed by atoms with Crippen LogP contribution in [0.5, 0.6) is 0 Å². The lowest BCUT2D eigenvalue weighted by Gasteiger charge is -2.17. The van der Waals surface area contributed by atoms with E-state index in [1.807, 2.05) is 6.26 Å². The first-order chi connectivity index (χ1) is 8.92. The number of carboxylic acid groups (broad SMARTS) is 1. The summed E-state index contributed by atoms with van der Waals surface area (Å²) in [5.41, 5.74) is 0. The first kappa shape index (κ1) is 17.6. The molecule has 0 bridgehead atoms. The van der Waals surface area contributed by atoms with Crippen LogP contribution in [0.25, 0.3) is 0 Å². The monoisotopic (exact) mass is 292 g/mol. The van der Waals surface area contributed by atoms with Gasteiger partial charge in [0.15, 0.2) is 0 Å². The Kier molecular flexibility index (Phi) is 8.77. The quantitative estimate of drug-likeness (QED) is 0.561. The highest BCUT2D eigenvalue weighted by Crippen LogP contribution is 2.01. The SMILES string of the molecule is CCOC(=O)C(C)NC(=O)N[C@@H](CCSC)C(=O)O. The van der Waals surface area contributed by atoms with E-state index in [-0.39, 0.29) is 6.61 Å². The second kappa shape index (κ2) is 9.48. The summed E-state index contributed by atoms with van der Waals surface area (Å²) in [5.74, 6) is -1.05. The molecular weight excluding hydrogens is 272 g/mol. The van der Waals surface area contributed by atoms with Crippen LogP contribution in [-0.4, -0.2) is 53.8 Å². The molecule has 1 unspecified atom stereocenters. The van der Waals surface area contributed by atoms with Gasteiger partial charge < -0.3 is 20.5 Å². The van der Waals surface area contributed by atoms with Gasteiger partial charge in [0.25, 0.3) is 0 Å². The minimum atomic E-state index is -1.10. The molecule has 0 spiro atoms. The molecule has 0 aromatic carbocycles. The van der Waals surface area contributed by atoms with Gasteiger partial charge in [-0.25, -0.2) is 14.4 Å². The van der Waals surface area contributed by atoms with Crippen LogP contribution in [0.4, 0.5) is 4.79 Å². The molecule has 0 aliphatic heterocycles. The van der Waals surface area contributed by atoms with Crippen LogP contribution >= 0.6 is 11.8 Å². The van der Waals surface area contributed by atoms with E-state index in [1.54, 1.807) is 6.92 Å². The van der Waals surface area contributed by atoms with E-state index in [0.29, 0.717) is 12.2 Å². The molecule has 0 radical (unpaired) electrons. The molecule has 0 aliphatic carbocycles. The number of esters is 1. The predicted octanol–water partition coefficient (Wildman–Crippen LogP) is 0.444. The van der Waals surface area contributed by atoms with E-state index in [9.17, 15) is 14.4 Å². The number of amides is 2. The molecule has 7 nitrogen and oxygen atoms in total. The standard InChI is InChI=1S/C11H20N2O5S/c1-4-18-10(16)7(2)12-11(17)13-8(9(14)15)5-6-19-3/h7-8H,4-6H2,1-3H3,(H,14,15)(H2,12,13,17)/t7?,8-/m0/s1. The third kappa shape index (κ3) is 7.55. The van der Waals surface area contributed by atoms with Gasteiger partial charge in [-0.05, 0) is 32.3 Å². The van der Waals surface area contributed by atoms with Crippen LogP contribution in [0.2, 0.25) is 0 Å². The Labute approximate surface area is 116 Å². The maximum atomic E-state index is 11.5. The van der Waals surface area contributed by atoms with Crippen molar-refractivity contribution in [2.45, 2.75) is 32.4 Å². The Balaban J connectivity index is 4.25. The van der Waals surface area contributed by atoms with Crippen molar-refractivity contribution in [2.24, 2.45) is 0 Å². The number of carbonyl (C=O) groups excluding carboxylic acids is 2. The summed E-state index contributed by atoms with van der Waals surface area (Å²) in [4.78, 5) is 33.7. The smallest absolute Gasteiger partial charge is 0.328 e. The van der Waals surface area contributed by atoms with Gasteiger partial charge in [0.1, 0.15) is 12.1 Å². The number of thioether (sulfide) groups is 1. The van der Waals surface area contributed by atoms with Gasteiger partial charge in [0.05, 0.1) is 6.61 Å². The molecule has 0 fully saturated rings. The van der Waals surface area contributed by atoms with Crippen molar-refractivity contribution in [3.63, 3.8) is 0 Å². The molecule has 0 aromatic rings. The van der Waals surface area contributed by atoms with Crippen LogP contribution in [0.15, 0.2) is 0 Å². The normalized spacial score (nSPS) is 13.2. The number of nitrogens with one attached hydrogen (secondary N) is 2. The average molecular weight is 292 g/mol. The highest BCUT2D eigenvalue weighted by atomic mass is 32.2. The van der Waals surface area contributed by atoms with Crippen molar-refractivity contribution in [3.8, 4) is 0 Å². The third-order valence-electron chi connectivity index (χ3n) is 2.20. The van der Waals surface area contributed by atoms with Crippen molar-refractivity contribution < 1.29 is 24.2 Å². The number of rotatable bonds is 8. The van der Waals surface area contributed by atoms with Gasteiger partial charge in [-0.1, -0.05) is 0 Å². The zero-order valence-electron chi connectivity index (χ0n) is 11.3. The van der Waals surface area contributed by atoms with Gasteiger partial charge in [-0.3, -0.25) is 0 Å². The Hall–Kier alpha value is -1.44. The van der Waals surface area contributed by atoms with Crippen LogP contribution in [0.3, 0.4) is 0 Å². The summed E-state index contributed by atoms with van der Waals surface area (Å²) in [6.45, 7) is 3.35. The molecule has 8 heteroatoms. The van der Waals surface area contributed by atoms with E-state index in [0.717, 1.165) is 0 Å². The van der Waals surface area contributed by atoms with Gasteiger partial charge in [-0.15, -0.1) is 0 Å². The third-order valence-corrected chi connectivity index (χ3v) is 2.85. The van der Waals surface area contributed by atoms with E-state index in [2.05, 4.69) is 10.6 Å². The molecule has 2 amide bonds. The molecule has 3 N–H and O–H groups in total. The van der Waals surface area contributed by atoms with Gasteiger partial charge in [0, 0.05) is 0 Å². The molecule has 0 heterocycles. The van der Waals surface area contributed by atoms with Crippen molar-refractivity contribution in [1.82, 2.24) is 10.6 Å². The first-order valence-electron chi connectivity index (χ1n) is 5.87. The summed E-state index contributed by atoms with van der Waals surface area (Å²) in [7, 11) is 0. The lowest BCUT2D eigenvalue weighted by molar-refractivity contribution is -0.144. The highest BCUT2D eigenvalue weighted by molar-refractivity contribution is 7.98. The summed E-state index contributed by atoms with van der Waals surface area (Å²) in [6.07, 6.45) is 2.17.